The van der Waals surface area contributed by atoms with Gasteiger partial charge in [-0.15, -0.1) is 0 Å². The number of rotatable bonds is 16. The highest BCUT2D eigenvalue weighted by Gasteiger charge is 2.45. The summed E-state index contributed by atoms with van der Waals surface area (Å²) >= 11 is 0. The van der Waals surface area contributed by atoms with Crippen LogP contribution in [-0.2, 0) is 24.1 Å². The van der Waals surface area contributed by atoms with Crippen molar-refractivity contribution in [1.82, 2.24) is 0 Å². The van der Waals surface area contributed by atoms with Gasteiger partial charge in [0.1, 0.15) is 0 Å². The molecule has 0 bridgehead atoms. The minimum Gasteiger partial charge on any atom is -0.458 e. The van der Waals surface area contributed by atoms with Crippen LogP contribution in [-0.4, -0.2) is 46.2 Å². The van der Waals surface area contributed by atoms with Gasteiger partial charge in [0.15, 0.2) is 14.9 Å². The van der Waals surface area contributed by atoms with Crippen molar-refractivity contribution in [2.45, 2.75) is 88.6 Å². The number of halogens is 2. The molecule has 162 valence electrons. The van der Waals surface area contributed by atoms with Gasteiger partial charge in [0.05, 0.1) is 0 Å². The number of unbranched alkanes of at least 4 members (excludes halogenated alkanes) is 8. The first-order chi connectivity index (χ1) is 12.4. The molecule has 0 unspecified atom stereocenters. The smallest absolute Gasteiger partial charge is 0.402 e. The van der Waals surface area contributed by atoms with Crippen molar-refractivity contribution in [3.63, 3.8) is 0 Å². The number of carbonyl (C=O) groups is 1. The highest BCUT2D eigenvalue weighted by atomic mass is 32.2. The van der Waals surface area contributed by atoms with Gasteiger partial charge in [-0.3, -0.25) is 9.35 Å². The second-order valence-electron chi connectivity index (χ2n) is 7.42. The number of ether oxygens (including phenoxy) is 1. The second-order valence-corrected chi connectivity index (χ2v) is 13.4. The standard InChI is InChI=1S/C17H34F2O6SSi/c1-24-27(2,3)14-12-10-8-6-4-5-7-9-11-13-16(20)25-15-17(18,19)26(21,22)23/h4-15H2,1-3H3,(H,21,22,23). The molecule has 0 aromatic rings. The molecular formula is C17H34F2O6SSi. The van der Waals surface area contributed by atoms with Crippen molar-refractivity contribution in [2.75, 3.05) is 13.7 Å². The molecule has 0 radical (unpaired) electrons. The first-order valence-electron chi connectivity index (χ1n) is 9.47. The van der Waals surface area contributed by atoms with Gasteiger partial charge < -0.3 is 9.16 Å². The maximum atomic E-state index is 12.9. The van der Waals surface area contributed by atoms with E-state index in [9.17, 15) is 22.0 Å². The molecule has 0 amide bonds. The maximum absolute atomic E-state index is 12.9. The topological polar surface area (TPSA) is 89.9 Å². The maximum Gasteiger partial charge on any atom is 0.402 e. The lowest BCUT2D eigenvalue weighted by molar-refractivity contribution is -0.149. The molecular weight excluding hydrogens is 398 g/mol. The Labute approximate surface area is 162 Å². The quantitative estimate of drug-likeness (QED) is 0.164. The molecule has 10 heteroatoms. The molecule has 0 saturated heterocycles. The molecule has 0 aromatic carbocycles. The molecule has 0 aliphatic heterocycles. The Hall–Kier alpha value is -0.583. The highest BCUT2D eigenvalue weighted by Crippen LogP contribution is 2.21. The minimum absolute atomic E-state index is 0.0409. The second kappa shape index (κ2) is 12.8. The molecule has 0 saturated carbocycles. The third-order valence-electron chi connectivity index (χ3n) is 4.49. The third-order valence-corrected chi connectivity index (χ3v) is 8.03. The molecule has 0 spiro atoms. The van der Waals surface area contributed by atoms with Crippen LogP contribution in [0.4, 0.5) is 8.78 Å². The summed E-state index contributed by atoms with van der Waals surface area (Å²) in [6.45, 7) is 2.79. The Morgan fingerprint density at radius 2 is 1.41 bits per heavy atom. The Bertz CT molecular complexity index is 526. The van der Waals surface area contributed by atoms with Gasteiger partial charge in [-0.1, -0.05) is 51.4 Å². The molecule has 0 aliphatic carbocycles. The van der Waals surface area contributed by atoms with Crippen LogP contribution in [0.5, 0.6) is 0 Å². The third kappa shape index (κ3) is 13.3. The van der Waals surface area contributed by atoms with Gasteiger partial charge in [-0.25, -0.2) is 0 Å². The van der Waals surface area contributed by atoms with Crippen LogP contribution in [0.1, 0.15) is 64.2 Å². The number of esters is 1. The SMILES string of the molecule is CO[Si](C)(C)CCCCCCCCCCCC(=O)OCC(F)(F)S(=O)(=O)O. The molecule has 0 aromatic heterocycles. The summed E-state index contributed by atoms with van der Waals surface area (Å²) in [5.41, 5.74) is 0. The van der Waals surface area contributed by atoms with Gasteiger partial charge in [0.2, 0.25) is 0 Å². The molecule has 6 nitrogen and oxygen atoms in total. The van der Waals surface area contributed by atoms with Crippen molar-refractivity contribution in [3.05, 3.63) is 0 Å². The molecule has 1 N–H and O–H groups in total. The zero-order chi connectivity index (χ0) is 21.0. The van der Waals surface area contributed by atoms with Crippen LogP contribution in [0.25, 0.3) is 0 Å². The predicted octanol–water partition coefficient (Wildman–Crippen LogP) is 4.76. The average molecular weight is 433 g/mol. The summed E-state index contributed by atoms with van der Waals surface area (Å²) in [5, 5.41) is -4.47. The van der Waals surface area contributed by atoms with Crippen molar-refractivity contribution >= 4 is 24.4 Å². The summed E-state index contributed by atoms with van der Waals surface area (Å²) < 4.78 is 64.6. The Kier molecular flexibility index (Phi) is 12.5. The van der Waals surface area contributed by atoms with E-state index < -0.39 is 36.3 Å². The molecule has 0 aliphatic rings. The van der Waals surface area contributed by atoms with Crippen LogP contribution in [0.2, 0.25) is 19.1 Å². The summed E-state index contributed by atoms with van der Waals surface area (Å²) in [4.78, 5) is 11.3. The fraction of sp³-hybridized carbons (Fsp3) is 0.941. The molecule has 0 rings (SSSR count). The van der Waals surface area contributed by atoms with E-state index in [1.54, 1.807) is 7.11 Å². The number of carbonyl (C=O) groups excluding carboxylic acids is 1. The fourth-order valence-corrected chi connectivity index (χ4v) is 3.98. The molecule has 27 heavy (non-hydrogen) atoms. The van der Waals surface area contributed by atoms with Crippen LogP contribution < -0.4 is 0 Å². The Balaban J connectivity index is 3.53. The van der Waals surface area contributed by atoms with E-state index in [1.165, 1.54) is 31.7 Å². The van der Waals surface area contributed by atoms with Crippen LogP contribution in [0.15, 0.2) is 0 Å². The lowest BCUT2D eigenvalue weighted by Gasteiger charge is -2.19. The monoisotopic (exact) mass is 432 g/mol. The molecule has 0 heterocycles. The van der Waals surface area contributed by atoms with Gasteiger partial charge >= 0.3 is 21.3 Å². The summed E-state index contributed by atoms with van der Waals surface area (Å²) in [6.07, 6.45) is 9.24. The van der Waals surface area contributed by atoms with E-state index >= 15 is 0 Å². The van der Waals surface area contributed by atoms with Gasteiger partial charge in [-0.05, 0) is 25.6 Å². The molecule has 0 fully saturated rings. The number of hydrogen-bond donors (Lipinski definition) is 1. The van der Waals surface area contributed by atoms with Crippen molar-refractivity contribution in [2.24, 2.45) is 0 Å². The lowest BCUT2D eigenvalue weighted by atomic mass is 10.1. The zero-order valence-corrected chi connectivity index (χ0v) is 18.5. The number of hydrogen-bond acceptors (Lipinski definition) is 5. The fourth-order valence-electron chi connectivity index (χ4n) is 2.47. The van der Waals surface area contributed by atoms with Crippen LogP contribution in [0, 0.1) is 0 Å². The van der Waals surface area contributed by atoms with E-state index in [0.717, 1.165) is 25.7 Å². The van der Waals surface area contributed by atoms with E-state index in [1.807, 2.05) is 0 Å². The number of alkyl halides is 2. The molecule has 0 atom stereocenters. The largest absolute Gasteiger partial charge is 0.458 e. The van der Waals surface area contributed by atoms with Crippen molar-refractivity contribution in [3.8, 4) is 0 Å². The highest BCUT2D eigenvalue weighted by molar-refractivity contribution is 7.86. The van der Waals surface area contributed by atoms with E-state index in [4.69, 9.17) is 8.98 Å². The van der Waals surface area contributed by atoms with Crippen LogP contribution in [0.3, 0.4) is 0 Å². The first kappa shape index (κ1) is 26.4. The normalized spacial score (nSPS) is 13.0. The lowest BCUT2D eigenvalue weighted by Crippen LogP contribution is -2.34. The Morgan fingerprint density at radius 1 is 0.963 bits per heavy atom. The van der Waals surface area contributed by atoms with Crippen LogP contribution >= 0.6 is 0 Å². The van der Waals surface area contributed by atoms with E-state index in [0.29, 0.717) is 6.42 Å². The summed E-state index contributed by atoms with van der Waals surface area (Å²) in [5.74, 6) is -0.888. The predicted molar refractivity (Wildman–Crippen MR) is 103 cm³/mol. The minimum atomic E-state index is -5.57. The van der Waals surface area contributed by atoms with Gasteiger partial charge in [0, 0.05) is 13.5 Å². The Morgan fingerprint density at radius 3 is 1.85 bits per heavy atom. The van der Waals surface area contributed by atoms with Gasteiger partial charge in [0.25, 0.3) is 0 Å². The van der Waals surface area contributed by atoms with E-state index in [-0.39, 0.29) is 6.42 Å². The summed E-state index contributed by atoms with van der Waals surface area (Å²) in [7, 11) is -5.20. The average Bonchev–Trinajstić information content (AvgIpc) is 2.56. The first-order valence-corrected chi connectivity index (χ1v) is 14.0. The van der Waals surface area contributed by atoms with Crippen molar-refractivity contribution < 1.29 is 35.7 Å². The van der Waals surface area contributed by atoms with E-state index in [2.05, 4.69) is 17.8 Å². The zero-order valence-electron chi connectivity index (χ0n) is 16.6. The van der Waals surface area contributed by atoms with Gasteiger partial charge in [-0.2, -0.15) is 17.2 Å². The summed E-state index contributed by atoms with van der Waals surface area (Å²) in [6, 6.07) is 1.19. The van der Waals surface area contributed by atoms with Crippen molar-refractivity contribution in [1.29, 1.82) is 0 Å².